The summed E-state index contributed by atoms with van der Waals surface area (Å²) in [6.45, 7) is 4.07. The maximum absolute atomic E-state index is 12.4. The minimum Gasteiger partial charge on any atom is -0.484 e. The molecule has 0 saturated heterocycles. The molecule has 0 unspecified atom stereocenters. The summed E-state index contributed by atoms with van der Waals surface area (Å²) in [6.07, 6.45) is 1.05. The van der Waals surface area contributed by atoms with Crippen LogP contribution in [0.25, 0.3) is 0 Å². The van der Waals surface area contributed by atoms with Gasteiger partial charge in [0.25, 0.3) is 11.8 Å². The second-order valence-electron chi connectivity index (χ2n) is 7.57. The second kappa shape index (κ2) is 12.1. The summed E-state index contributed by atoms with van der Waals surface area (Å²) in [4.78, 5) is 24.5. The third-order valence-electron chi connectivity index (χ3n) is 5.04. The highest BCUT2D eigenvalue weighted by atomic mass is 79.9. The van der Waals surface area contributed by atoms with Crippen LogP contribution in [0.2, 0.25) is 0 Å². The van der Waals surface area contributed by atoms with Gasteiger partial charge >= 0.3 is 0 Å². The maximum Gasteiger partial charge on any atom is 0.262 e. The summed E-state index contributed by atoms with van der Waals surface area (Å²) in [6, 6.07) is 21.9. The Hall–Kier alpha value is -3.32. The van der Waals surface area contributed by atoms with Crippen molar-refractivity contribution < 1.29 is 19.1 Å². The molecule has 0 aliphatic rings. The van der Waals surface area contributed by atoms with Crippen LogP contribution in [0, 0.1) is 0 Å². The summed E-state index contributed by atoms with van der Waals surface area (Å²) >= 11 is 3.51. The molecule has 3 aromatic carbocycles. The molecule has 0 radical (unpaired) electrons. The number of para-hydroxylation sites is 1. The first kappa shape index (κ1) is 24.3. The molecule has 172 valence electrons. The molecule has 0 aromatic heterocycles. The van der Waals surface area contributed by atoms with E-state index in [4.69, 9.17) is 9.47 Å². The highest BCUT2D eigenvalue weighted by Gasteiger charge is 2.10. The number of carbonyl (C=O) groups is 2. The van der Waals surface area contributed by atoms with E-state index in [1.165, 1.54) is 5.56 Å². The van der Waals surface area contributed by atoms with E-state index >= 15 is 0 Å². The van der Waals surface area contributed by atoms with Crippen LogP contribution in [-0.2, 0) is 9.59 Å². The number of nitrogens with one attached hydrogen (secondary N) is 2. The molecule has 7 heteroatoms. The first-order valence-electron chi connectivity index (χ1n) is 10.7. The van der Waals surface area contributed by atoms with Gasteiger partial charge in [-0.15, -0.1) is 0 Å². The largest absolute Gasteiger partial charge is 0.484 e. The van der Waals surface area contributed by atoms with Gasteiger partial charge in [-0.3, -0.25) is 9.59 Å². The van der Waals surface area contributed by atoms with Gasteiger partial charge in [-0.1, -0.05) is 44.2 Å². The van der Waals surface area contributed by atoms with E-state index in [1.807, 2.05) is 36.4 Å². The number of benzene rings is 3. The summed E-state index contributed by atoms with van der Waals surface area (Å²) in [7, 11) is 0. The smallest absolute Gasteiger partial charge is 0.262 e. The van der Waals surface area contributed by atoms with E-state index in [0.717, 1.165) is 10.9 Å². The van der Waals surface area contributed by atoms with Crippen LogP contribution in [-0.4, -0.2) is 25.0 Å². The molecule has 0 bridgehead atoms. The average molecular weight is 511 g/mol. The lowest BCUT2D eigenvalue weighted by molar-refractivity contribution is -0.118. The molecule has 3 rings (SSSR count). The van der Waals surface area contributed by atoms with Gasteiger partial charge in [0.2, 0.25) is 0 Å². The molecule has 0 fully saturated rings. The minimum atomic E-state index is -0.302. The monoisotopic (exact) mass is 510 g/mol. The van der Waals surface area contributed by atoms with E-state index in [0.29, 0.717) is 28.8 Å². The molecular weight excluding hydrogens is 484 g/mol. The van der Waals surface area contributed by atoms with Gasteiger partial charge in [0.15, 0.2) is 13.2 Å². The second-order valence-corrected chi connectivity index (χ2v) is 8.42. The Bertz CT molecular complexity index is 1090. The number of carbonyl (C=O) groups excluding carboxylic acids is 2. The van der Waals surface area contributed by atoms with Crippen molar-refractivity contribution in [2.75, 3.05) is 23.8 Å². The van der Waals surface area contributed by atoms with E-state index in [9.17, 15) is 9.59 Å². The number of amides is 2. The Morgan fingerprint density at radius 3 is 2.09 bits per heavy atom. The van der Waals surface area contributed by atoms with Gasteiger partial charge in [0.1, 0.15) is 11.5 Å². The van der Waals surface area contributed by atoms with Crippen LogP contribution in [0.3, 0.4) is 0 Å². The lowest BCUT2D eigenvalue weighted by atomic mass is 9.99. The maximum atomic E-state index is 12.4. The van der Waals surface area contributed by atoms with Gasteiger partial charge in [-0.2, -0.15) is 0 Å². The number of hydrogen-bond acceptors (Lipinski definition) is 4. The highest BCUT2D eigenvalue weighted by Crippen LogP contribution is 2.30. The first-order chi connectivity index (χ1) is 15.9. The van der Waals surface area contributed by atoms with Crippen LogP contribution >= 0.6 is 15.9 Å². The van der Waals surface area contributed by atoms with Crippen LogP contribution in [0.4, 0.5) is 11.4 Å². The standard InChI is InChI=1S/C26H27BrN2O4/c1-3-18(2)19-12-13-24(23(27)14-19)33-17-26(31)29-21-9-7-8-20(15-21)28-25(30)16-32-22-10-5-4-6-11-22/h4-15,18H,3,16-17H2,1-2H3,(H,28,30)(H,29,31)/t18-/m0/s1. The average Bonchev–Trinajstić information content (AvgIpc) is 2.82. The fourth-order valence-electron chi connectivity index (χ4n) is 3.05. The number of hydrogen-bond donors (Lipinski definition) is 2. The zero-order chi connectivity index (χ0) is 23.6. The van der Waals surface area contributed by atoms with Gasteiger partial charge in [-0.05, 0) is 76.3 Å². The van der Waals surface area contributed by atoms with E-state index in [-0.39, 0.29) is 25.0 Å². The highest BCUT2D eigenvalue weighted by molar-refractivity contribution is 9.10. The van der Waals surface area contributed by atoms with Crippen molar-refractivity contribution in [1.29, 1.82) is 0 Å². The summed E-state index contributed by atoms with van der Waals surface area (Å²) < 4.78 is 11.9. The summed E-state index contributed by atoms with van der Waals surface area (Å²) in [5, 5.41) is 5.54. The molecule has 0 aliphatic carbocycles. The molecule has 0 aliphatic heterocycles. The van der Waals surface area contributed by atoms with Crippen molar-refractivity contribution in [2.45, 2.75) is 26.2 Å². The first-order valence-corrected chi connectivity index (χ1v) is 11.5. The molecule has 0 saturated carbocycles. The third-order valence-corrected chi connectivity index (χ3v) is 5.66. The Morgan fingerprint density at radius 2 is 1.48 bits per heavy atom. The SMILES string of the molecule is CC[C@H](C)c1ccc(OCC(=O)Nc2cccc(NC(=O)COc3ccccc3)c2)c(Br)c1. The zero-order valence-corrected chi connectivity index (χ0v) is 20.2. The van der Waals surface area contributed by atoms with Crippen LogP contribution < -0.4 is 20.1 Å². The predicted octanol–water partition coefficient (Wildman–Crippen LogP) is 6.00. The molecule has 2 N–H and O–H groups in total. The Morgan fingerprint density at radius 1 is 0.848 bits per heavy atom. The van der Waals surface area contributed by atoms with E-state index in [2.05, 4.69) is 40.4 Å². The van der Waals surface area contributed by atoms with Crippen molar-refractivity contribution >= 4 is 39.1 Å². The van der Waals surface area contributed by atoms with Crippen molar-refractivity contribution in [2.24, 2.45) is 0 Å². The van der Waals surface area contributed by atoms with Crippen molar-refractivity contribution in [3.63, 3.8) is 0 Å². The zero-order valence-electron chi connectivity index (χ0n) is 18.6. The fraction of sp³-hybridized carbons (Fsp3) is 0.231. The fourth-order valence-corrected chi connectivity index (χ4v) is 3.57. The molecule has 0 heterocycles. The number of rotatable bonds is 10. The topological polar surface area (TPSA) is 76.7 Å². The Balaban J connectivity index is 1.49. The molecule has 33 heavy (non-hydrogen) atoms. The molecule has 6 nitrogen and oxygen atoms in total. The molecule has 1 atom stereocenters. The van der Waals surface area contributed by atoms with E-state index in [1.54, 1.807) is 36.4 Å². The summed E-state index contributed by atoms with van der Waals surface area (Å²) in [5.74, 6) is 1.09. The van der Waals surface area contributed by atoms with E-state index < -0.39 is 0 Å². The van der Waals surface area contributed by atoms with Crippen molar-refractivity contribution in [3.8, 4) is 11.5 Å². The van der Waals surface area contributed by atoms with Crippen LogP contribution in [0.15, 0.2) is 77.3 Å². The van der Waals surface area contributed by atoms with Crippen LogP contribution in [0.5, 0.6) is 11.5 Å². The third kappa shape index (κ3) is 7.64. The van der Waals surface area contributed by atoms with Gasteiger partial charge < -0.3 is 20.1 Å². The normalized spacial score (nSPS) is 11.4. The van der Waals surface area contributed by atoms with Gasteiger partial charge in [0, 0.05) is 11.4 Å². The van der Waals surface area contributed by atoms with Gasteiger partial charge in [0.05, 0.1) is 4.47 Å². The quantitative estimate of drug-likeness (QED) is 0.350. The van der Waals surface area contributed by atoms with Crippen molar-refractivity contribution in [1.82, 2.24) is 0 Å². The molecular formula is C26H27BrN2O4. The number of anilines is 2. The molecule has 0 spiro atoms. The molecule has 2 amide bonds. The minimum absolute atomic E-state index is 0.112. The number of ether oxygens (including phenoxy) is 2. The van der Waals surface area contributed by atoms with Crippen LogP contribution in [0.1, 0.15) is 31.7 Å². The predicted molar refractivity (Wildman–Crippen MR) is 134 cm³/mol. The Labute approximate surface area is 202 Å². The van der Waals surface area contributed by atoms with Gasteiger partial charge in [-0.25, -0.2) is 0 Å². The lowest BCUT2D eigenvalue weighted by Gasteiger charge is -2.13. The number of halogens is 1. The molecule has 3 aromatic rings. The van der Waals surface area contributed by atoms with Crippen molar-refractivity contribution in [3.05, 3.63) is 82.8 Å². The summed E-state index contributed by atoms with van der Waals surface area (Å²) in [5.41, 5.74) is 2.32. The Kier molecular flexibility index (Phi) is 8.89. The lowest BCUT2D eigenvalue weighted by Crippen LogP contribution is -2.21.